The second kappa shape index (κ2) is 12.0. The maximum atomic E-state index is 13.6. The molecule has 0 radical (unpaired) electrons. The molecule has 1 aromatic rings. The van der Waals surface area contributed by atoms with Crippen LogP contribution in [0.5, 0.6) is 0 Å². The summed E-state index contributed by atoms with van der Waals surface area (Å²) in [6.45, 7) is 10.5. The second-order valence-electron chi connectivity index (χ2n) is 14.8. The minimum Gasteiger partial charge on any atom is -0.459 e. The molecule has 3 fully saturated rings. The molecule has 1 unspecified atom stereocenters. The number of halogens is 2. The third-order valence-corrected chi connectivity index (χ3v) is 12.3. The molecule has 256 valence electrons. The van der Waals surface area contributed by atoms with Crippen molar-refractivity contribution in [2.24, 2.45) is 22.7 Å². The summed E-state index contributed by atoms with van der Waals surface area (Å²) in [6, 6.07) is 3.31. The molecule has 0 spiro atoms. The van der Waals surface area contributed by atoms with Crippen LogP contribution in [0.2, 0.25) is 0 Å². The first kappa shape index (κ1) is 35.1. The topological polar surface area (TPSA) is 130 Å². The van der Waals surface area contributed by atoms with E-state index in [4.69, 9.17) is 9.47 Å². The van der Waals surface area contributed by atoms with Crippen LogP contribution in [0.4, 0.5) is 8.78 Å². The number of hydrogen-bond acceptors (Lipinski definition) is 8. The summed E-state index contributed by atoms with van der Waals surface area (Å²) >= 11 is 0. The van der Waals surface area contributed by atoms with Crippen LogP contribution in [-0.2, 0) is 23.9 Å². The smallest absolute Gasteiger partial charge is 0.331 e. The van der Waals surface area contributed by atoms with Crippen molar-refractivity contribution < 1.29 is 48.0 Å². The van der Waals surface area contributed by atoms with Gasteiger partial charge in [-0.15, -0.1) is 0 Å². The first-order valence-corrected chi connectivity index (χ1v) is 16.4. The van der Waals surface area contributed by atoms with E-state index in [1.807, 2.05) is 33.8 Å². The van der Waals surface area contributed by atoms with E-state index in [0.29, 0.717) is 24.8 Å². The summed E-state index contributed by atoms with van der Waals surface area (Å²) in [5.74, 6) is -4.37. The van der Waals surface area contributed by atoms with Crippen LogP contribution < -0.4 is 0 Å². The maximum Gasteiger partial charge on any atom is 0.331 e. The second-order valence-corrected chi connectivity index (χ2v) is 14.8. The number of carbonyl (C=O) groups is 3. The highest BCUT2D eigenvalue weighted by Gasteiger charge is 2.81. The zero-order chi connectivity index (χ0) is 34.7. The Morgan fingerprint density at radius 3 is 2.32 bits per heavy atom. The van der Waals surface area contributed by atoms with Crippen LogP contribution in [0.25, 0.3) is 6.08 Å². The van der Waals surface area contributed by atoms with Gasteiger partial charge in [0.15, 0.2) is 17.4 Å². The Morgan fingerprint density at radius 1 is 0.979 bits per heavy atom. The van der Waals surface area contributed by atoms with Crippen LogP contribution in [0.15, 0.2) is 47.6 Å². The first-order valence-electron chi connectivity index (χ1n) is 16.4. The van der Waals surface area contributed by atoms with Crippen molar-refractivity contribution >= 4 is 23.8 Å². The first-order chi connectivity index (χ1) is 21.8. The van der Waals surface area contributed by atoms with Crippen molar-refractivity contribution in [1.29, 1.82) is 0 Å². The molecule has 3 N–H and O–H groups in total. The number of aliphatic hydroxyl groups is 3. The van der Waals surface area contributed by atoms with Gasteiger partial charge in [0.25, 0.3) is 0 Å². The average molecular weight is 657 g/mol. The summed E-state index contributed by atoms with van der Waals surface area (Å²) in [6.07, 6.45) is 5.48. The molecular weight excluding hydrogens is 610 g/mol. The summed E-state index contributed by atoms with van der Waals surface area (Å²) in [5.41, 5.74) is -6.09. The number of esters is 2. The number of hydrogen-bond donors (Lipinski definition) is 3. The Hall–Kier alpha value is -3.21. The number of rotatable bonds is 7. The van der Waals surface area contributed by atoms with E-state index in [0.717, 1.165) is 29.4 Å². The van der Waals surface area contributed by atoms with Gasteiger partial charge in [-0.1, -0.05) is 44.1 Å². The van der Waals surface area contributed by atoms with E-state index in [1.165, 1.54) is 25.1 Å². The summed E-state index contributed by atoms with van der Waals surface area (Å²) < 4.78 is 38.6. The van der Waals surface area contributed by atoms with E-state index < -0.39 is 75.1 Å². The van der Waals surface area contributed by atoms with Crippen LogP contribution >= 0.6 is 0 Å². The van der Waals surface area contributed by atoms with Gasteiger partial charge in [0, 0.05) is 24.5 Å². The molecule has 5 rings (SSSR count). The highest BCUT2D eigenvalue weighted by atomic mass is 19.2. The zero-order valence-electron chi connectivity index (χ0n) is 27.9. The lowest BCUT2D eigenvalue weighted by Crippen LogP contribution is -2.78. The summed E-state index contributed by atoms with van der Waals surface area (Å²) in [4.78, 5) is 38.9. The van der Waals surface area contributed by atoms with Gasteiger partial charge in [-0.3, -0.25) is 4.79 Å². The van der Waals surface area contributed by atoms with Gasteiger partial charge >= 0.3 is 11.9 Å². The van der Waals surface area contributed by atoms with E-state index >= 15 is 0 Å². The van der Waals surface area contributed by atoms with Crippen molar-refractivity contribution in [3.63, 3.8) is 0 Å². The third-order valence-electron chi connectivity index (χ3n) is 12.3. The monoisotopic (exact) mass is 656 g/mol. The fourth-order valence-corrected chi connectivity index (χ4v) is 8.97. The van der Waals surface area contributed by atoms with Crippen LogP contribution in [-0.4, -0.2) is 62.1 Å². The molecule has 8 nitrogen and oxygen atoms in total. The highest BCUT2D eigenvalue weighted by molar-refractivity contribution is 5.88. The number of fused-ring (bicyclic) bond motifs is 5. The number of ketones is 1. The SMILES string of the molecule is CC(=O)[C@]1(O)CC[C@@]2(O)[C@]1(C)[C@H](OC(=O)/C=C(\C)C(C)C)CC1[C@@]3(C)CC[C@H](OC(=O)/C=C/c4ccc(F)c(F)c4)CC3=CC[C@]12O. The van der Waals surface area contributed by atoms with Gasteiger partial charge < -0.3 is 24.8 Å². The third kappa shape index (κ3) is 5.40. The molecule has 8 atom stereocenters. The Labute approximate surface area is 274 Å². The number of ether oxygens (including phenoxy) is 2. The lowest BCUT2D eigenvalue weighted by molar-refractivity contribution is -0.314. The molecule has 0 heterocycles. The molecule has 3 saturated carbocycles. The van der Waals surface area contributed by atoms with Gasteiger partial charge in [-0.05, 0) is 94.4 Å². The molecule has 0 amide bonds. The van der Waals surface area contributed by atoms with Gasteiger partial charge in [0.2, 0.25) is 0 Å². The molecule has 47 heavy (non-hydrogen) atoms. The summed E-state index contributed by atoms with van der Waals surface area (Å²) in [5, 5.41) is 37.1. The fraction of sp³-hybridized carbons (Fsp3) is 0.595. The Kier molecular flexibility index (Phi) is 8.99. The van der Waals surface area contributed by atoms with Crippen LogP contribution in [0.1, 0.15) is 92.1 Å². The molecule has 4 aliphatic carbocycles. The maximum absolute atomic E-state index is 13.6. The number of benzene rings is 1. The van der Waals surface area contributed by atoms with Crippen molar-refractivity contribution in [3.05, 3.63) is 64.8 Å². The van der Waals surface area contributed by atoms with Crippen LogP contribution in [0.3, 0.4) is 0 Å². The highest BCUT2D eigenvalue weighted by Crippen LogP contribution is 2.71. The summed E-state index contributed by atoms with van der Waals surface area (Å²) in [7, 11) is 0. The number of allylic oxidation sites excluding steroid dienone is 1. The Balaban J connectivity index is 1.43. The van der Waals surface area contributed by atoms with Gasteiger partial charge in [-0.25, -0.2) is 18.4 Å². The molecule has 0 saturated heterocycles. The quantitative estimate of drug-likeness (QED) is 0.199. The number of carbonyl (C=O) groups excluding carboxylic acids is 3. The normalized spacial score (nSPS) is 38.3. The largest absolute Gasteiger partial charge is 0.459 e. The molecule has 4 aliphatic rings. The van der Waals surface area contributed by atoms with E-state index in [9.17, 15) is 38.5 Å². The Morgan fingerprint density at radius 2 is 1.68 bits per heavy atom. The van der Waals surface area contributed by atoms with Crippen LogP contribution in [0, 0.1) is 34.3 Å². The lowest BCUT2D eigenvalue weighted by Gasteiger charge is -2.67. The van der Waals surface area contributed by atoms with Crippen molar-refractivity contribution in [2.75, 3.05) is 0 Å². The van der Waals surface area contributed by atoms with E-state index in [1.54, 1.807) is 6.92 Å². The predicted octanol–water partition coefficient (Wildman–Crippen LogP) is 5.53. The fourth-order valence-electron chi connectivity index (χ4n) is 8.97. The Bertz CT molecular complexity index is 1560. The molecule has 0 bridgehead atoms. The van der Waals surface area contributed by atoms with Gasteiger partial charge in [-0.2, -0.15) is 0 Å². The molecular formula is C37H46F2O8. The van der Waals surface area contributed by atoms with Gasteiger partial charge in [0.05, 0.1) is 5.41 Å². The van der Waals surface area contributed by atoms with Crippen molar-refractivity contribution in [3.8, 4) is 0 Å². The molecule has 0 aromatic heterocycles. The standard InChI is InChI=1S/C37H46F2O8/c1-21(2)22(3)17-32(42)47-30-20-29-33(5)13-12-26(46-31(41)10-8-24-7-9-27(38)28(39)18-24)19-25(33)11-14-36(29,44)37(45)16-15-35(43,23(4)40)34(30,37)6/h7-11,17-18,21,26,29-30,43-45H,12-16,19-20H2,1-6H3/b10-8+,22-17+/t26-,29?,30+,33-,34+,35+,36-,37+/m0/s1. The molecule has 0 aliphatic heterocycles. The minimum absolute atomic E-state index is 0.0341. The van der Waals surface area contributed by atoms with Crippen molar-refractivity contribution in [2.45, 2.75) is 115 Å². The number of Topliss-reactive ketones (excluding diaryl/α,β-unsaturated/α-hetero) is 1. The van der Waals surface area contributed by atoms with E-state index in [2.05, 4.69) is 0 Å². The average Bonchev–Trinajstić information content (AvgIpc) is 3.23. The molecule has 1 aromatic carbocycles. The lowest BCUT2D eigenvalue weighted by atomic mass is 9.42. The van der Waals surface area contributed by atoms with Crippen molar-refractivity contribution in [1.82, 2.24) is 0 Å². The minimum atomic E-state index is -2.03. The molecule has 10 heteroatoms. The predicted molar refractivity (Wildman–Crippen MR) is 169 cm³/mol. The van der Waals surface area contributed by atoms with E-state index in [-0.39, 0.29) is 31.6 Å². The van der Waals surface area contributed by atoms with Gasteiger partial charge in [0.1, 0.15) is 29.0 Å². The zero-order valence-corrected chi connectivity index (χ0v) is 27.9.